The Morgan fingerprint density at radius 3 is 1.95 bits per heavy atom. The minimum Gasteiger partial charge on any atom is -0.465 e. The Balaban J connectivity index is 0.000000211. The minimum absolute atomic E-state index is 0.251. The lowest BCUT2D eigenvalue weighted by atomic mass is 10.2. The van der Waals surface area contributed by atoms with Gasteiger partial charge in [0.05, 0.1) is 29.1 Å². The Labute approximate surface area is 139 Å². The Morgan fingerprint density at radius 2 is 1.57 bits per heavy atom. The Kier molecular flexibility index (Phi) is 7.07. The number of halogens is 1. The summed E-state index contributed by atoms with van der Waals surface area (Å²) in [6, 6.07) is 0. The summed E-state index contributed by atoms with van der Waals surface area (Å²) in [6.45, 7) is 3.77. The van der Waals surface area contributed by atoms with Gasteiger partial charge in [0.1, 0.15) is 0 Å². The van der Waals surface area contributed by atoms with Crippen molar-refractivity contribution in [3.63, 3.8) is 0 Å². The van der Waals surface area contributed by atoms with Crippen LogP contribution >= 0.6 is 38.6 Å². The molecular formula is C14H15BrO4S2. The van der Waals surface area contributed by atoms with Gasteiger partial charge in [-0.2, -0.15) is 11.3 Å². The van der Waals surface area contributed by atoms with Crippen LogP contribution in [0.3, 0.4) is 0 Å². The molecule has 2 aromatic heterocycles. The third kappa shape index (κ3) is 4.66. The van der Waals surface area contributed by atoms with Gasteiger partial charge in [0, 0.05) is 10.8 Å². The molecule has 21 heavy (non-hydrogen) atoms. The fourth-order valence-corrected chi connectivity index (χ4v) is 3.48. The van der Waals surface area contributed by atoms with Gasteiger partial charge in [-0.25, -0.2) is 9.59 Å². The highest BCUT2D eigenvalue weighted by molar-refractivity contribution is 9.11. The molecule has 0 aliphatic rings. The molecule has 114 valence electrons. The monoisotopic (exact) mass is 390 g/mol. The number of hydrogen-bond acceptors (Lipinski definition) is 6. The Hall–Kier alpha value is -1.18. The lowest BCUT2D eigenvalue weighted by Crippen LogP contribution is -2.00. The van der Waals surface area contributed by atoms with Crippen molar-refractivity contribution in [2.45, 2.75) is 13.8 Å². The molecule has 7 heteroatoms. The number of rotatable bonds is 2. The first kappa shape index (κ1) is 17.9. The highest BCUT2D eigenvalue weighted by Gasteiger charge is 2.12. The second kappa shape index (κ2) is 8.31. The van der Waals surface area contributed by atoms with Crippen LogP contribution in [0.2, 0.25) is 0 Å². The summed E-state index contributed by atoms with van der Waals surface area (Å²) < 4.78 is 10.1. The van der Waals surface area contributed by atoms with Gasteiger partial charge in [0.25, 0.3) is 0 Å². The van der Waals surface area contributed by atoms with Crippen LogP contribution < -0.4 is 0 Å². The first-order valence-corrected chi connectivity index (χ1v) is 8.46. The molecule has 0 saturated heterocycles. The third-order valence-electron chi connectivity index (χ3n) is 2.65. The highest BCUT2D eigenvalue weighted by Crippen LogP contribution is 2.27. The van der Waals surface area contributed by atoms with Gasteiger partial charge in [0.2, 0.25) is 0 Å². The molecule has 2 aromatic rings. The maximum atomic E-state index is 11.0. The number of hydrogen-bond donors (Lipinski definition) is 0. The molecule has 0 aliphatic heterocycles. The van der Waals surface area contributed by atoms with Crippen LogP contribution in [0.1, 0.15) is 31.8 Å². The van der Waals surface area contributed by atoms with Gasteiger partial charge >= 0.3 is 11.9 Å². The van der Waals surface area contributed by atoms with E-state index in [2.05, 4.69) is 25.4 Å². The number of ether oxygens (including phenoxy) is 2. The Morgan fingerprint density at radius 1 is 1.00 bits per heavy atom. The summed E-state index contributed by atoms with van der Waals surface area (Å²) in [5.41, 5.74) is 3.25. The second-order valence-electron chi connectivity index (χ2n) is 4.00. The van der Waals surface area contributed by atoms with Crippen LogP contribution in [0.25, 0.3) is 0 Å². The SMILES string of the molecule is COC(=O)c1csc(Br)c1C.COC(=O)c1cscc1C. The molecule has 2 heterocycles. The van der Waals surface area contributed by atoms with Crippen LogP contribution in [0.15, 0.2) is 19.9 Å². The van der Waals surface area contributed by atoms with E-state index in [4.69, 9.17) is 0 Å². The zero-order chi connectivity index (χ0) is 16.0. The first-order chi connectivity index (χ1) is 9.92. The molecule has 0 spiro atoms. The fourth-order valence-electron chi connectivity index (χ4n) is 1.38. The second-order valence-corrected chi connectivity index (χ2v) is 6.94. The van der Waals surface area contributed by atoms with Gasteiger partial charge in [-0.15, -0.1) is 11.3 Å². The number of esters is 2. The van der Waals surface area contributed by atoms with Crippen LogP contribution in [0.5, 0.6) is 0 Å². The van der Waals surface area contributed by atoms with Gasteiger partial charge in [-0.05, 0) is 46.3 Å². The number of carbonyl (C=O) groups excluding carboxylic acids is 2. The summed E-state index contributed by atoms with van der Waals surface area (Å²) in [6.07, 6.45) is 0. The van der Waals surface area contributed by atoms with Crippen molar-refractivity contribution in [1.82, 2.24) is 0 Å². The molecular weight excluding hydrogens is 376 g/mol. The lowest BCUT2D eigenvalue weighted by molar-refractivity contribution is 0.0591. The van der Waals surface area contributed by atoms with E-state index in [9.17, 15) is 9.59 Å². The van der Waals surface area contributed by atoms with Gasteiger partial charge in [-0.1, -0.05) is 0 Å². The zero-order valence-electron chi connectivity index (χ0n) is 12.1. The van der Waals surface area contributed by atoms with Gasteiger partial charge < -0.3 is 9.47 Å². The van der Waals surface area contributed by atoms with Gasteiger partial charge in [0.15, 0.2) is 0 Å². The number of carbonyl (C=O) groups is 2. The van der Waals surface area contributed by atoms with E-state index in [-0.39, 0.29) is 11.9 Å². The topological polar surface area (TPSA) is 52.6 Å². The molecule has 0 aromatic carbocycles. The summed E-state index contributed by atoms with van der Waals surface area (Å²) in [5.74, 6) is -0.525. The highest BCUT2D eigenvalue weighted by atomic mass is 79.9. The third-order valence-corrected chi connectivity index (χ3v) is 5.53. The van der Waals surface area contributed by atoms with E-state index < -0.39 is 0 Å². The average molecular weight is 391 g/mol. The predicted molar refractivity (Wildman–Crippen MR) is 88.5 cm³/mol. The van der Waals surface area contributed by atoms with E-state index in [0.717, 1.165) is 14.9 Å². The quantitative estimate of drug-likeness (QED) is 0.710. The number of aryl methyl sites for hydroxylation is 1. The average Bonchev–Trinajstić information content (AvgIpc) is 3.05. The number of methoxy groups -OCH3 is 2. The molecule has 0 fully saturated rings. The molecule has 0 unspecified atom stereocenters. The van der Waals surface area contributed by atoms with Crippen molar-refractivity contribution in [3.8, 4) is 0 Å². The summed E-state index contributed by atoms with van der Waals surface area (Å²) in [7, 11) is 2.77. The molecule has 4 nitrogen and oxygen atoms in total. The smallest absolute Gasteiger partial charge is 0.339 e. The van der Waals surface area contributed by atoms with Crippen LogP contribution in [-0.4, -0.2) is 26.2 Å². The van der Waals surface area contributed by atoms with Crippen molar-refractivity contribution in [1.29, 1.82) is 0 Å². The van der Waals surface area contributed by atoms with E-state index in [1.807, 2.05) is 19.2 Å². The standard InChI is InChI=1S/C7H7BrO2S.C7H8O2S/c1-4-5(7(9)10-2)3-11-6(4)8;1-5-3-10-4-6(5)7(8)9-2/h3H,1-2H3;3-4H,1-2H3. The molecule has 0 amide bonds. The predicted octanol–water partition coefficient (Wildman–Crippen LogP) is 4.45. The summed E-state index contributed by atoms with van der Waals surface area (Å²) in [5, 5.41) is 5.50. The Bertz CT molecular complexity index is 631. The van der Waals surface area contributed by atoms with Crippen molar-refractivity contribution < 1.29 is 19.1 Å². The first-order valence-electron chi connectivity index (χ1n) is 5.85. The van der Waals surface area contributed by atoms with Crippen LogP contribution in [0.4, 0.5) is 0 Å². The molecule has 0 bridgehead atoms. The lowest BCUT2D eigenvalue weighted by Gasteiger charge is -1.95. The van der Waals surface area contributed by atoms with Crippen molar-refractivity contribution in [3.05, 3.63) is 42.2 Å². The largest absolute Gasteiger partial charge is 0.465 e. The normalized spacial score (nSPS) is 9.57. The molecule has 0 aliphatic carbocycles. The molecule has 0 saturated carbocycles. The van der Waals surface area contributed by atoms with Gasteiger partial charge in [-0.3, -0.25) is 0 Å². The zero-order valence-corrected chi connectivity index (χ0v) is 15.3. The maximum Gasteiger partial charge on any atom is 0.339 e. The molecule has 2 rings (SSSR count). The summed E-state index contributed by atoms with van der Waals surface area (Å²) >= 11 is 6.32. The van der Waals surface area contributed by atoms with Crippen molar-refractivity contribution in [2.24, 2.45) is 0 Å². The molecule has 0 atom stereocenters. The number of thiophene rings is 2. The van der Waals surface area contributed by atoms with E-state index in [1.54, 1.807) is 10.8 Å². The minimum atomic E-state index is -0.274. The van der Waals surface area contributed by atoms with Crippen molar-refractivity contribution >= 4 is 50.5 Å². The van der Waals surface area contributed by atoms with E-state index >= 15 is 0 Å². The maximum absolute atomic E-state index is 11.0. The van der Waals surface area contributed by atoms with Crippen molar-refractivity contribution in [2.75, 3.05) is 14.2 Å². The van der Waals surface area contributed by atoms with E-state index in [1.165, 1.54) is 36.9 Å². The van der Waals surface area contributed by atoms with E-state index in [0.29, 0.717) is 11.1 Å². The summed E-state index contributed by atoms with van der Waals surface area (Å²) in [4.78, 5) is 21.9. The molecule has 0 radical (unpaired) electrons. The fraction of sp³-hybridized carbons (Fsp3) is 0.286. The molecule has 0 N–H and O–H groups in total. The van der Waals surface area contributed by atoms with Crippen LogP contribution in [0, 0.1) is 13.8 Å². The van der Waals surface area contributed by atoms with Crippen LogP contribution in [-0.2, 0) is 9.47 Å².